The number of hydrogen-bond donors (Lipinski definition) is 1. The van der Waals surface area contributed by atoms with Gasteiger partial charge in [-0.05, 0) is 47.7 Å². The molecule has 1 amide bonds. The lowest BCUT2D eigenvalue weighted by Gasteiger charge is -2.41. The van der Waals surface area contributed by atoms with E-state index in [0.29, 0.717) is 35.8 Å². The fourth-order valence-corrected chi connectivity index (χ4v) is 4.07. The first kappa shape index (κ1) is 16.6. The number of methoxy groups -OCH3 is 3. The zero-order valence-corrected chi connectivity index (χ0v) is 15.0. The largest absolute Gasteiger partial charge is 0.504 e. The number of rotatable bonds is 3. The molecule has 1 unspecified atom stereocenters. The number of fused-ring (bicyclic) bond motifs is 4. The lowest BCUT2D eigenvalue weighted by molar-refractivity contribution is 0.0626. The van der Waals surface area contributed by atoms with Crippen LogP contribution in [-0.2, 0) is 12.8 Å². The molecule has 0 aliphatic carbocycles. The summed E-state index contributed by atoms with van der Waals surface area (Å²) >= 11 is 0. The van der Waals surface area contributed by atoms with E-state index in [0.717, 1.165) is 23.1 Å². The fraction of sp³-hybridized carbons (Fsp3) is 0.350. The highest BCUT2D eigenvalue weighted by molar-refractivity contribution is 6.01. The topological polar surface area (TPSA) is 68.2 Å². The van der Waals surface area contributed by atoms with Crippen LogP contribution in [0.15, 0.2) is 24.3 Å². The highest BCUT2D eigenvalue weighted by atomic mass is 16.5. The molecule has 2 aromatic rings. The predicted octanol–water partition coefficient (Wildman–Crippen LogP) is 2.71. The maximum Gasteiger partial charge on any atom is 0.258 e. The number of benzene rings is 2. The Kier molecular flexibility index (Phi) is 3.90. The lowest BCUT2D eigenvalue weighted by atomic mass is 9.83. The van der Waals surface area contributed by atoms with E-state index in [-0.39, 0.29) is 17.7 Å². The zero-order valence-electron chi connectivity index (χ0n) is 15.0. The van der Waals surface area contributed by atoms with Crippen molar-refractivity contribution in [2.24, 2.45) is 0 Å². The molecule has 136 valence electrons. The number of carbonyl (C=O) groups excluding carboxylic acids is 1. The van der Waals surface area contributed by atoms with E-state index in [1.807, 2.05) is 23.1 Å². The quantitative estimate of drug-likeness (QED) is 0.917. The Morgan fingerprint density at radius 2 is 1.81 bits per heavy atom. The van der Waals surface area contributed by atoms with Crippen molar-refractivity contribution in [3.63, 3.8) is 0 Å². The average molecular weight is 355 g/mol. The van der Waals surface area contributed by atoms with Gasteiger partial charge in [-0.3, -0.25) is 4.79 Å². The van der Waals surface area contributed by atoms with Crippen molar-refractivity contribution in [1.82, 2.24) is 4.90 Å². The summed E-state index contributed by atoms with van der Waals surface area (Å²) in [7, 11) is 4.65. The smallest absolute Gasteiger partial charge is 0.258 e. The molecule has 0 saturated carbocycles. The van der Waals surface area contributed by atoms with Gasteiger partial charge in [0, 0.05) is 6.54 Å². The van der Waals surface area contributed by atoms with Gasteiger partial charge in [-0.15, -0.1) is 0 Å². The Morgan fingerprint density at radius 1 is 1.04 bits per heavy atom. The van der Waals surface area contributed by atoms with Gasteiger partial charge in [0.2, 0.25) is 0 Å². The van der Waals surface area contributed by atoms with Crippen molar-refractivity contribution in [2.45, 2.75) is 18.9 Å². The zero-order chi connectivity index (χ0) is 18.4. The number of nitrogens with zero attached hydrogens (tertiary/aromatic N) is 1. The van der Waals surface area contributed by atoms with Crippen molar-refractivity contribution in [3.8, 4) is 23.0 Å². The molecule has 0 fully saturated rings. The van der Waals surface area contributed by atoms with Crippen LogP contribution in [0.25, 0.3) is 0 Å². The summed E-state index contributed by atoms with van der Waals surface area (Å²) in [6.07, 6.45) is 1.38. The minimum absolute atomic E-state index is 0.0621. The third-order valence-electron chi connectivity index (χ3n) is 5.32. The second-order valence-electron chi connectivity index (χ2n) is 6.53. The molecule has 0 bridgehead atoms. The Balaban J connectivity index is 1.83. The molecule has 2 heterocycles. The summed E-state index contributed by atoms with van der Waals surface area (Å²) in [5.74, 6) is 1.53. The first-order valence-corrected chi connectivity index (χ1v) is 8.53. The molecule has 0 saturated heterocycles. The van der Waals surface area contributed by atoms with Gasteiger partial charge in [-0.2, -0.15) is 0 Å². The molecule has 2 aliphatic rings. The normalized spacial score (nSPS) is 17.9. The van der Waals surface area contributed by atoms with Crippen molar-refractivity contribution < 1.29 is 24.1 Å². The van der Waals surface area contributed by atoms with Crippen LogP contribution in [0.4, 0.5) is 0 Å². The summed E-state index contributed by atoms with van der Waals surface area (Å²) in [6.45, 7) is 0.615. The maximum absolute atomic E-state index is 13.2. The average Bonchev–Trinajstić information content (AvgIpc) is 2.66. The van der Waals surface area contributed by atoms with Crippen LogP contribution in [-0.4, -0.2) is 43.8 Å². The second kappa shape index (κ2) is 6.12. The van der Waals surface area contributed by atoms with Crippen molar-refractivity contribution >= 4 is 5.91 Å². The van der Waals surface area contributed by atoms with Crippen molar-refractivity contribution in [3.05, 3.63) is 46.5 Å². The van der Waals surface area contributed by atoms with Gasteiger partial charge in [0.15, 0.2) is 23.0 Å². The molecular formula is C20H21NO5. The number of amides is 1. The van der Waals surface area contributed by atoms with Crippen LogP contribution < -0.4 is 14.2 Å². The van der Waals surface area contributed by atoms with Crippen LogP contribution in [0.3, 0.4) is 0 Å². The lowest BCUT2D eigenvalue weighted by Crippen LogP contribution is -2.44. The minimum Gasteiger partial charge on any atom is -0.504 e. The number of hydrogen-bond acceptors (Lipinski definition) is 5. The molecule has 0 spiro atoms. The van der Waals surface area contributed by atoms with E-state index in [2.05, 4.69) is 0 Å². The Labute approximate surface area is 151 Å². The van der Waals surface area contributed by atoms with Gasteiger partial charge in [-0.1, -0.05) is 6.07 Å². The first-order valence-electron chi connectivity index (χ1n) is 8.53. The second-order valence-corrected chi connectivity index (χ2v) is 6.53. The summed E-state index contributed by atoms with van der Waals surface area (Å²) < 4.78 is 16.0. The number of phenolic OH excluding ortho intramolecular Hbond substituents is 1. The van der Waals surface area contributed by atoms with E-state index < -0.39 is 0 Å². The fourth-order valence-electron chi connectivity index (χ4n) is 4.07. The summed E-state index contributed by atoms with van der Waals surface area (Å²) in [6, 6.07) is 7.24. The summed E-state index contributed by atoms with van der Waals surface area (Å²) in [4.78, 5) is 15.1. The standard InChI is InChI=1S/C20H21NO5/c1-24-16-5-4-12-8-14-13-10-15(22)17(25-2)9-11(13)6-7-21(14)20(23)18(12)19(16)26-3/h4-5,9-10,14,22H,6-8H2,1-3H3. The number of phenols is 1. The van der Waals surface area contributed by atoms with E-state index in [1.54, 1.807) is 20.3 Å². The molecule has 6 heteroatoms. The molecule has 4 rings (SSSR count). The van der Waals surface area contributed by atoms with Crippen LogP contribution in [0.5, 0.6) is 23.0 Å². The van der Waals surface area contributed by atoms with Crippen LogP contribution in [0, 0.1) is 0 Å². The molecule has 2 aliphatic heterocycles. The maximum atomic E-state index is 13.2. The molecule has 2 aromatic carbocycles. The number of aromatic hydroxyl groups is 1. The number of ether oxygens (including phenoxy) is 3. The molecule has 6 nitrogen and oxygen atoms in total. The van der Waals surface area contributed by atoms with E-state index in [9.17, 15) is 9.90 Å². The van der Waals surface area contributed by atoms with Crippen LogP contribution in [0.1, 0.15) is 33.1 Å². The third kappa shape index (κ3) is 2.29. The number of carbonyl (C=O) groups is 1. The van der Waals surface area contributed by atoms with Crippen LogP contribution >= 0.6 is 0 Å². The third-order valence-corrected chi connectivity index (χ3v) is 5.32. The summed E-state index contributed by atoms with van der Waals surface area (Å²) in [5.41, 5.74) is 3.59. The molecule has 0 radical (unpaired) electrons. The van der Waals surface area contributed by atoms with Gasteiger partial charge >= 0.3 is 0 Å². The minimum atomic E-state index is -0.103. The Hall–Kier alpha value is -2.89. The van der Waals surface area contributed by atoms with E-state index in [1.165, 1.54) is 7.11 Å². The molecular weight excluding hydrogens is 334 g/mol. The van der Waals surface area contributed by atoms with Crippen LogP contribution in [0.2, 0.25) is 0 Å². The highest BCUT2D eigenvalue weighted by Crippen LogP contribution is 2.45. The van der Waals surface area contributed by atoms with Crippen molar-refractivity contribution in [2.75, 3.05) is 27.9 Å². The van der Waals surface area contributed by atoms with Gasteiger partial charge in [0.05, 0.1) is 32.9 Å². The highest BCUT2D eigenvalue weighted by Gasteiger charge is 2.39. The SMILES string of the molecule is COc1cc2c(cc1O)C1Cc3ccc(OC)c(OC)c3C(=O)N1CC2. The molecule has 26 heavy (non-hydrogen) atoms. The van der Waals surface area contributed by atoms with Gasteiger partial charge in [0.1, 0.15) is 0 Å². The monoisotopic (exact) mass is 355 g/mol. The first-order chi connectivity index (χ1) is 12.6. The molecule has 1 N–H and O–H groups in total. The Morgan fingerprint density at radius 3 is 2.50 bits per heavy atom. The van der Waals surface area contributed by atoms with Crippen molar-refractivity contribution in [1.29, 1.82) is 0 Å². The molecule has 0 aromatic heterocycles. The van der Waals surface area contributed by atoms with E-state index in [4.69, 9.17) is 14.2 Å². The van der Waals surface area contributed by atoms with Gasteiger partial charge < -0.3 is 24.2 Å². The Bertz CT molecular complexity index is 892. The van der Waals surface area contributed by atoms with E-state index >= 15 is 0 Å². The van der Waals surface area contributed by atoms with Gasteiger partial charge in [-0.25, -0.2) is 0 Å². The summed E-state index contributed by atoms with van der Waals surface area (Å²) in [5, 5.41) is 10.2. The predicted molar refractivity (Wildman–Crippen MR) is 95.4 cm³/mol. The van der Waals surface area contributed by atoms with Gasteiger partial charge in [0.25, 0.3) is 5.91 Å². The molecule has 1 atom stereocenters.